The minimum Gasteiger partial charge on any atom is -0.481 e. The van der Waals surface area contributed by atoms with Crippen LogP contribution < -0.4 is 11.0 Å². The first-order valence-electron chi connectivity index (χ1n) is 7.18. The molecular weight excluding hydrogens is 286 g/mol. The summed E-state index contributed by atoms with van der Waals surface area (Å²) >= 11 is 0. The predicted octanol–water partition coefficient (Wildman–Crippen LogP) is 0.850. The van der Waals surface area contributed by atoms with Crippen molar-refractivity contribution >= 4 is 22.9 Å². The number of fused-ring (bicyclic) bond motifs is 1. The van der Waals surface area contributed by atoms with Crippen LogP contribution in [0.2, 0.25) is 0 Å². The van der Waals surface area contributed by atoms with Crippen molar-refractivity contribution in [3.8, 4) is 0 Å². The smallest absolute Gasteiger partial charge is 0.326 e. The number of aromatic amines is 1. The normalized spacial score (nSPS) is 21.1. The van der Waals surface area contributed by atoms with Gasteiger partial charge in [0.1, 0.15) is 0 Å². The molecule has 0 unspecified atom stereocenters. The van der Waals surface area contributed by atoms with Crippen molar-refractivity contribution in [3.63, 3.8) is 0 Å². The van der Waals surface area contributed by atoms with Crippen LogP contribution in [-0.2, 0) is 11.8 Å². The fraction of sp³-hybridized carbons (Fsp3) is 0.400. The highest BCUT2D eigenvalue weighted by Gasteiger charge is 2.30. The van der Waals surface area contributed by atoms with Gasteiger partial charge < -0.3 is 15.4 Å². The van der Waals surface area contributed by atoms with Gasteiger partial charge in [-0.25, -0.2) is 4.79 Å². The summed E-state index contributed by atoms with van der Waals surface area (Å²) in [6, 6.07) is 4.89. The Morgan fingerprint density at radius 1 is 1.36 bits per heavy atom. The minimum atomic E-state index is -0.805. The summed E-state index contributed by atoms with van der Waals surface area (Å²) in [4.78, 5) is 37.5. The Labute approximate surface area is 125 Å². The van der Waals surface area contributed by atoms with Gasteiger partial charge in [-0.2, -0.15) is 0 Å². The molecule has 1 aliphatic carbocycles. The van der Waals surface area contributed by atoms with Gasteiger partial charge in [0.25, 0.3) is 5.91 Å². The first kappa shape index (κ1) is 14.4. The number of nitrogens with one attached hydrogen (secondary N) is 2. The van der Waals surface area contributed by atoms with Crippen molar-refractivity contribution in [3.05, 3.63) is 34.2 Å². The summed E-state index contributed by atoms with van der Waals surface area (Å²) in [7, 11) is 1.64. The molecule has 1 amide bonds. The van der Waals surface area contributed by atoms with Gasteiger partial charge in [0, 0.05) is 18.7 Å². The molecule has 1 saturated carbocycles. The molecule has 1 heterocycles. The number of imidazole rings is 1. The van der Waals surface area contributed by atoms with Crippen LogP contribution in [0.25, 0.3) is 11.0 Å². The summed E-state index contributed by atoms with van der Waals surface area (Å²) in [5.41, 5.74) is 1.57. The van der Waals surface area contributed by atoms with Gasteiger partial charge in [-0.1, -0.05) is 0 Å². The summed E-state index contributed by atoms with van der Waals surface area (Å²) in [5.74, 6) is -1.43. The number of nitrogens with zero attached hydrogens (tertiary/aromatic N) is 1. The Morgan fingerprint density at radius 2 is 2.14 bits per heavy atom. The van der Waals surface area contributed by atoms with E-state index in [0.29, 0.717) is 35.9 Å². The third kappa shape index (κ3) is 2.49. The van der Waals surface area contributed by atoms with Gasteiger partial charge in [-0.3, -0.25) is 14.2 Å². The molecule has 3 rings (SSSR count). The second kappa shape index (κ2) is 5.32. The minimum absolute atomic E-state index is 0.112. The van der Waals surface area contributed by atoms with E-state index in [9.17, 15) is 14.4 Å². The standard InChI is InChI=1S/C15H17N3O4/c1-18-12-7-8(3-5-11(12)17-15(18)22)13(19)16-10-4-2-9(6-10)14(20)21/h3,5,7,9-10H,2,4,6H2,1H3,(H,16,19)(H,17,22)(H,20,21)/t9-,10+/m0/s1. The van der Waals surface area contributed by atoms with E-state index in [-0.39, 0.29) is 23.6 Å². The average molecular weight is 303 g/mol. The third-order valence-corrected chi connectivity index (χ3v) is 4.28. The van der Waals surface area contributed by atoms with Gasteiger partial charge in [-0.05, 0) is 37.5 Å². The molecule has 1 fully saturated rings. The first-order chi connectivity index (χ1) is 10.5. The molecule has 7 heteroatoms. The van der Waals surface area contributed by atoms with E-state index in [1.165, 1.54) is 4.57 Å². The molecule has 0 radical (unpaired) electrons. The molecule has 1 aromatic carbocycles. The number of hydrogen-bond donors (Lipinski definition) is 3. The molecule has 2 atom stereocenters. The quantitative estimate of drug-likeness (QED) is 0.782. The highest BCUT2D eigenvalue weighted by Crippen LogP contribution is 2.26. The Balaban J connectivity index is 1.77. The number of carboxylic acids is 1. The van der Waals surface area contributed by atoms with Crippen molar-refractivity contribution < 1.29 is 14.7 Å². The maximum absolute atomic E-state index is 12.3. The number of benzene rings is 1. The molecular formula is C15H17N3O4. The molecule has 2 aromatic rings. The van der Waals surface area contributed by atoms with Crippen molar-refractivity contribution in [1.29, 1.82) is 0 Å². The lowest BCUT2D eigenvalue weighted by molar-refractivity contribution is -0.141. The number of carbonyl (C=O) groups is 2. The number of H-pyrrole nitrogens is 1. The second-order valence-corrected chi connectivity index (χ2v) is 5.74. The van der Waals surface area contributed by atoms with Gasteiger partial charge in [-0.15, -0.1) is 0 Å². The largest absolute Gasteiger partial charge is 0.481 e. The number of aliphatic carboxylic acids is 1. The third-order valence-electron chi connectivity index (χ3n) is 4.28. The molecule has 3 N–H and O–H groups in total. The van der Waals surface area contributed by atoms with E-state index < -0.39 is 5.97 Å². The van der Waals surface area contributed by atoms with Gasteiger partial charge >= 0.3 is 11.7 Å². The van der Waals surface area contributed by atoms with Crippen molar-refractivity contribution in [1.82, 2.24) is 14.9 Å². The Bertz CT molecular complexity index is 805. The Kier molecular flexibility index (Phi) is 3.48. The van der Waals surface area contributed by atoms with Crippen molar-refractivity contribution in [2.75, 3.05) is 0 Å². The highest BCUT2D eigenvalue weighted by atomic mass is 16.4. The van der Waals surface area contributed by atoms with Crippen LogP contribution >= 0.6 is 0 Å². The van der Waals surface area contributed by atoms with Crippen LogP contribution in [0.5, 0.6) is 0 Å². The number of amides is 1. The van der Waals surface area contributed by atoms with Crippen LogP contribution in [0.3, 0.4) is 0 Å². The topological polar surface area (TPSA) is 104 Å². The van der Waals surface area contributed by atoms with E-state index in [2.05, 4.69) is 10.3 Å². The SMILES string of the molecule is Cn1c(=O)[nH]c2ccc(C(=O)N[C@@H]3CC[C@H](C(=O)O)C3)cc21. The summed E-state index contributed by atoms with van der Waals surface area (Å²) in [6.45, 7) is 0. The maximum Gasteiger partial charge on any atom is 0.326 e. The second-order valence-electron chi connectivity index (χ2n) is 5.74. The Morgan fingerprint density at radius 3 is 2.82 bits per heavy atom. The zero-order chi connectivity index (χ0) is 15.9. The lowest BCUT2D eigenvalue weighted by Gasteiger charge is -2.12. The number of carbonyl (C=O) groups excluding carboxylic acids is 1. The zero-order valence-electron chi connectivity index (χ0n) is 12.1. The molecule has 22 heavy (non-hydrogen) atoms. The van der Waals surface area contributed by atoms with E-state index in [0.717, 1.165) is 0 Å². The molecule has 1 aromatic heterocycles. The van der Waals surface area contributed by atoms with E-state index in [1.807, 2.05) is 0 Å². The van der Waals surface area contributed by atoms with Crippen LogP contribution in [0.4, 0.5) is 0 Å². The first-order valence-corrected chi connectivity index (χ1v) is 7.18. The van der Waals surface area contributed by atoms with Crippen LogP contribution in [0, 0.1) is 5.92 Å². The summed E-state index contributed by atoms with van der Waals surface area (Å²) in [6.07, 6.45) is 1.73. The van der Waals surface area contributed by atoms with Crippen molar-refractivity contribution in [2.24, 2.45) is 13.0 Å². The number of carboxylic acid groups (broad SMARTS) is 1. The monoisotopic (exact) mass is 303 g/mol. The molecule has 1 aliphatic rings. The lowest BCUT2D eigenvalue weighted by Crippen LogP contribution is -2.33. The molecule has 0 saturated heterocycles. The molecule has 0 aliphatic heterocycles. The van der Waals surface area contributed by atoms with Crippen LogP contribution in [0.1, 0.15) is 29.6 Å². The van der Waals surface area contributed by atoms with Gasteiger partial charge in [0.15, 0.2) is 0 Å². The highest BCUT2D eigenvalue weighted by molar-refractivity contribution is 5.97. The lowest BCUT2D eigenvalue weighted by atomic mass is 10.1. The summed E-state index contributed by atoms with van der Waals surface area (Å²) in [5, 5.41) is 11.9. The molecule has 7 nitrogen and oxygen atoms in total. The molecule has 0 bridgehead atoms. The zero-order valence-corrected chi connectivity index (χ0v) is 12.1. The van der Waals surface area contributed by atoms with E-state index >= 15 is 0 Å². The fourth-order valence-electron chi connectivity index (χ4n) is 2.97. The number of aryl methyl sites for hydroxylation is 1. The maximum atomic E-state index is 12.3. The molecule has 0 spiro atoms. The number of aromatic nitrogens is 2. The van der Waals surface area contributed by atoms with Gasteiger partial charge in [0.05, 0.1) is 17.0 Å². The Hall–Kier alpha value is -2.57. The number of rotatable bonds is 3. The van der Waals surface area contributed by atoms with Crippen LogP contribution in [0.15, 0.2) is 23.0 Å². The van der Waals surface area contributed by atoms with Crippen molar-refractivity contribution in [2.45, 2.75) is 25.3 Å². The van der Waals surface area contributed by atoms with Crippen LogP contribution in [-0.4, -0.2) is 32.6 Å². The average Bonchev–Trinajstić information content (AvgIpc) is 3.05. The van der Waals surface area contributed by atoms with Gasteiger partial charge in [0.2, 0.25) is 0 Å². The fourth-order valence-corrected chi connectivity index (χ4v) is 2.97. The number of hydrogen-bond acceptors (Lipinski definition) is 3. The summed E-state index contributed by atoms with van der Waals surface area (Å²) < 4.78 is 1.45. The molecule has 116 valence electrons. The van der Waals surface area contributed by atoms with E-state index in [4.69, 9.17) is 5.11 Å². The predicted molar refractivity (Wildman–Crippen MR) is 79.8 cm³/mol. The van der Waals surface area contributed by atoms with E-state index in [1.54, 1.807) is 25.2 Å².